The monoisotopic (exact) mass is 366 g/mol. The van der Waals surface area contributed by atoms with E-state index in [4.69, 9.17) is 11.6 Å². The molecule has 1 amide bonds. The fraction of sp³-hybridized carbons (Fsp3) is 0.235. The third-order valence-electron chi connectivity index (χ3n) is 3.58. The van der Waals surface area contributed by atoms with Crippen molar-refractivity contribution < 1.29 is 13.2 Å². The van der Waals surface area contributed by atoms with Gasteiger partial charge in [-0.05, 0) is 50.6 Å². The second-order valence-corrected chi connectivity index (χ2v) is 7.68. The van der Waals surface area contributed by atoms with E-state index in [1.165, 1.54) is 19.1 Å². The molecule has 0 aliphatic heterocycles. The predicted octanol–water partition coefficient (Wildman–Crippen LogP) is 3.26. The second-order valence-electron chi connectivity index (χ2n) is 5.56. The van der Waals surface area contributed by atoms with Crippen molar-refractivity contribution >= 4 is 33.2 Å². The van der Waals surface area contributed by atoms with Crippen molar-refractivity contribution in [3.05, 3.63) is 58.6 Å². The minimum atomic E-state index is -3.77. The van der Waals surface area contributed by atoms with Crippen LogP contribution in [0.25, 0.3) is 0 Å². The minimum absolute atomic E-state index is 0.117. The van der Waals surface area contributed by atoms with Gasteiger partial charge >= 0.3 is 0 Å². The van der Waals surface area contributed by atoms with E-state index >= 15 is 0 Å². The molecule has 0 radical (unpaired) electrons. The van der Waals surface area contributed by atoms with Crippen molar-refractivity contribution in [3.8, 4) is 0 Å². The van der Waals surface area contributed by atoms with Crippen LogP contribution in [0.5, 0.6) is 0 Å². The highest BCUT2D eigenvalue weighted by Crippen LogP contribution is 2.23. The van der Waals surface area contributed by atoms with E-state index < -0.39 is 22.0 Å². The third-order valence-corrected chi connectivity index (χ3v) is 5.55. The molecular formula is C17H19ClN2O3S. The van der Waals surface area contributed by atoms with Crippen molar-refractivity contribution in [2.24, 2.45) is 0 Å². The van der Waals surface area contributed by atoms with Crippen LogP contribution in [-0.4, -0.2) is 20.4 Å². The van der Waals surface area contributed by atoms with Gasteiger partial charge in [-0.3, -0.25) is 4.79 Å². The molecule has 0 aliphatic carbocycles. The Balaban J connectivity index is 2.11. The Morgan fingerprint density at radius 3 is 2.33 bits per heavy atom. The van der Waals surface area contributed by atoms with Crippen LogP contribution in [-0.2, 0) is 14.8 Å². The minimum Gasteiger partial charge on any atom is -0.324 e. The summed E-state index contributed by atoms with van der Waals surface area (Å²) < 4.78 is 27.0. The lowest BCUT2D eigenvalue weighted by Crippen LogP contribution is -2.41. The molecular weight excluding hydrogens is 348 g/mol. The summed E-state index contributed by atoms with van der Waals surface area (Å²) in [4.78, 5) is 12.4. The van der Waals surface area contributed by atoms with Crippen LogP contribution in [0.3, 0.4) is 0 Å². The highest BCUT2D eigenvalue weighted by atomic mass is 35.5. The zero-order chi connectivity index (χ0) is 17.9. The maximum atomic E-state index is 12.3. The van der Waals surface area contributed by atoms with Gasteiger partial charge in [-0.2, -0.15) is 4.72 Å². The van der Waals surface area contributed by atoms with Gasteiger partial charge in [0.05, 0.1) is 10.9 Å². The fourth-order valence-electron chi connectivity index (χ4n) is 2.06. The summed E-state index contributed by atoms with van der Waals surface area (Å²) in [5.41, 5.74) is 2.23. The van der Waals surface area contributed by atoms with Crippen molar-refractivity contribution in [1.29, 1.82) is 0 Å². The quantitative estimate of drug-likeness (QED) is 0.852. The molecule has 0 heterocycles. The lowest BCUT2D eigenvalue weighted by Gasteiger charge is -2.16. The highest BCUT2D eigenvalue weighted by molar-refractivity contribution is 7.89. The number of carbonyl (C=O) groups excluding carboxylic acids is 1. The van der Waals surface area contributed by atoms with Gasteiger partial charge < -0.3 is 5.32 Å². The summed E-state index contributed by atoms with van der Waals surface area (Å²) >= 11 is 6.01. The van der Waals surface area contributed by atoms with Gasteiger partial charge in [-0.25, -0.2) is 8.42 Å². The number of benzene rings is 2. The number of anilines is 1. The molecule has 128 valence electrons. The molecule has 2 N–H and O–H groups in total. The average Bonchev–Trinajstić information content (AvgIpc) is 2.51. The van der Waals surface area contributed by atoms with Gasteiger partial charge in [-0.15, -0.1) is 0 Å². The number of hydrogen-bond acceptors (Lipinski definition) is 3. The van der Waals surface area contributed by atoms with E-state index in [0.29, 0.717) is 10.7 Å². The van der Waals surface area contributed by atoms with Crippen molar-refractivity contribution in [2.45, 2.75) is 31.7 Å². The number of amides is 1. The lowest BCUT2D eigenvalue weighted by molar-refractivity contribution is -0.117. The predicted molar refractivity (Wildman–Crippen MR) is 95.8 cm³/mol. The molecule has 5 nitrogen and oxygen atoms in total. The van der Waals surface area contributed by atoms with Gasteiger partial charge in [0.15, 0.2) is 0 Å². The molecule has 0 aromatic heterocycles. The molecule has 0 unspecified atom stereocenters. The largest absolute Gasteiger partial charge is 0.324 e. The molecule has 0 aliphatic rings. The van der Waals surface area contributed by atoms with Crippen molar-refractivity contribution in [3.63, 3.8) is 0 Å². The van der Waals surface area contributed by atoms with Crippen LogP contribution < -0.4 is 10.0 Å². The molecule has 0 bridgehead atoms. The summed E-state index contributed by atoms with van der Waals surface area (Å²) in [6.45, 7) is 5.13. The number of hydrogen-bond donors (Lipinski definition) is 2. The first-order chi connectivity index (χ1) is 11.2. The van der Waals surface area contributed by atoms with Gasteiger partial charge in [0, 0.05) is 10.7 Å². The Labute approximate surface area is 147 Å². The molecule has 1 atom stereocenters. The number of sulfonamides is 1. The van der Waals surface area contributed by atoms with Crippen LogP contribution >= 0.6 is 11.6 Å². The van der Waals surface area contributed by atoms with Crippen LogP contribution in [0.2, 0.25) is 5.02 Å². The summed E-state index contributed by atoms with van der Waals surface area (Å²) in [5, 5.41) is 3.21. The van der Waals surface area contributed by atoms with Gasteiger partial charge in [0.2, 0.25) is 15.9 Å². The first kappa shape index (κ1) is 18.4. The highest BCUT2D eigenvalue weighted by Gasteiger charge is 2.22. The maximum Gasteiger partial charge on any atom is 0.242 e. The van der Waals surface area contributed by atoms with Crippen molar-refractivity contribution in [2.75, 3.05) is 5.32 Å². The number of nitrogens with one attached hydrogen (secondary N) is 2. The Bertz CT molecular complexity index is 849. The smallest absolute Gasteiger partial charge is 0.242 e. The second kappa shape index (κ2) is 7.34. The van der Waals surface area contributed by atoms with Gasteiger partial charge in [0.1, 0.15) is 0 Å². The normalized spacial score (nSPS) is 12.7. The number of carbonyl (C=O) groups is 1. The number of halogens is 1. The molecule has 2 aromatic carbocycles. The third kappa shape index (κ3) is 4.35. The molecule has 2 aromatic rings. The molecule has 24 heavy (non-hydrogen) atoms. The van der Waals surface area contributed by atoms with Crippen LogP contribution in [0, 0.1) is 13.8 Å². The first-order valence-corrected chi connectivity index (χ1v) is 9.22. The van der Waals surface area contributed by atoms with E-state index in [-0.39, 0.29) is 4.90 Å². The van der Waals surface area contributed by atoms with E-state index in [1.807, 2.05) is 6.92 Å². The van der Waals surface area contributed by atoms with E-state index in [1.54, 1.807) is 37.3 Å². The Hall–Kier alpha value is -1.89. The average molecular weight is 367 g/mol. The Kier molecular flexibility index (Phi) is 5.64. The molecule has 7 heteroatoms. The summed E-state index contributed by atoms with van der Waals surface area (Å²) in [5.74, 6) is -0.462. The van der Waals surface area contributed by atoms with Crippen molar-refractivity contribution in [1.82, 2.24) is 4.72 Å². The molecule has 0 saturated heterocycles. The zero-order valence-corrected chi connectivity index (χ0v) is 15.2. The summed E-state index contributed by atoms with van der Waals surface area (Å²) in [6.07, 6.45) is 0. The molecule has 0 saturated carbocycles. The topological polar surface area (TPSA) is 75.3 Å². The van der Waals surface area contributed by atoms with E-state index in [2.05, 4.69) is 10.0 Å². The fourth-order valence-corrected chi connectivity index (χ4v) is 3.43. The van der Waals surface area contributed by atoms with Crippen LogP contribution in [0.15, 0.2) is 47.4 Å². The molecule has 0 spiro atoms. The van der Waals surface area contributed by atoms with Crippen LogP contribution in [0.1, 0.15) is 18.1 Å². The SMILES string of the molecule is Cc1ccc(S(=O)(=O)N[C@H](C)C(=O)Nc2cccc(Cl)c2C)cc1. The molecule has 2 rings (SSSR count). The molecule has 0 fully saturated rings. The zero-order valence-electron chi connectivity index (χ0n) is 13.6. The van der Waals surface area contributed by atoms with E-state index in [0.717, 1.165) is 11.1 Å². The Morgan fingerprint density at radius 1 is 1.08 bits per heavy atom. The van der Waals surface area contributed by atoms with E-state index in [9.17, 15) is 13.2 Å². The van der Waals surface area contributed by atoms with Gasteiger partial charge in [0.25, 0.3) is 0 Å². The van der Waals surface area contributed by atoms with Gasteiger partial charge in [-0.1, -0.05) is 35.4 Å². The first-order valence-electron chi connectivity index (χ1n) is 7.35. The number of rotatable bonds is 5. The standard InChI is InChI=1S/C17H19ClN2O3S/c1-11-7-9-14(10-8-11)24(22,23)20-13(3)17(21)19-16-6-4-5-15(18)12(16)2/h4-10,13,20H,1-3H3,(H,19,21)/t13-/m1/s1. The summed E-state index contributed by atoms with van der Waals surface area (Å²) in [7, 11) is -3.77. The summed E-state index contributed by atoms with van der Waals surface area (Å²) in [6, 6.07) is 10.6. The maximum absolute atomic E-state index is 12.3. The lowest BCUT2D eigenvalue weighted by atomic mass is 10.2. The number of aryl methyl sites for hydroxylation is 1. The Morgan fingerprint density at radius 2 is 1.71 bits per heavy atom. The van der Waals surface area contributed by atoms with Crippen LogP contribution in [0.4, 0.5) is 5.69 Å².